The van der Waals surface area contributed by atoms with Gasteiger partial charge in [0.15, 0.2) is 0 Å². The van der Waals surface area contributed by atoms with Crippen LogP contribution in [-0.4, -0.2) is 37.1 Å². The predicted octanol–water partition coefficient (Wildman–Crippen LogP) is 2.75. The first-order chi connectivity index (χ1) is 8.38. The summed E-state index contributed by atoms with van der Waals surface area (Å²) in [5, 5.41) is 8.09. The summed E-state index contributed by atoms with van der Waals surface area (Å²) in [6.07, 6.45) is 5.11. The van der Waals surface area contributed by atoms with Crippen molar-refractivity contribution in [1.82, 2.24) is 10.2 Å². The minimum absolute atomic E-state index is 0.771. The summed E-state index contributed by atoms with van der Waals surface area (Å²) in [7, 11) is 0. The lowest BCUT2D eigenvalue weighted by Crippen LogP contribution is -2.43. The zero-order chi connectivity index (χ0) is 11.9. The van der Waals surface area contributed by atoms with Gasteiger partial charge in [0.2, 0.25) is 0 Å². The molecular formula is C14H24N2S. The van der Waals surface area contributed by atoms with E-state index in [0.717, 1.165) is 6.04 Å². The number of nitrogens with one attached hydrogen (secondary N) is 1. The number of piperidine rings is 1. The third kappa shape index (κ3) is 4.41. The third-order valence-corrected chi connectivity index (χ3v) is 4.30. The Bertz CT molecular complexity index is 289. The molecule has 3 heteroatoms. The van der Waals surface area contributed by atoms with Crippen LogP contribution in [-0.2, 0) is 6.42 Å². The van der Waals surface area contributed by atoms with Crippen molar-refractivity contribution in [1.29, 1.82) is 0 Å². The topological polar surface area (TPSA) is 15.3 Å². The fourth-order valence-electron chi connectivity index (χ4n) is 2.43. The molecule has 1 aliphatic rings. The highest BCUT2D eigenvalue weighted by atomic mass is 32.1. The maximum atomic E-state index is 3.64. The largest absolute Gasteiger partial charge is 0.314 e. The Balaban J connectivity index is 1.62. The Morgan fingerprint density at radius 2 is 2.24 bits per heavy atom. The van der Waals surface area contributed by atoms with Crippen molar-refractivity contribution in [2.45, 2.75) is 38.6 Å². The molecule has 17 heavy (non-hydrogen) atoms. The molecule has 2 rings (SSSR count). The van der Waals surface area contributed by atoms with Gasteiger partial charge in [-0.15, -0.1) is 0 Å². The van der Waals surface area contributed by atoms with Gasteiger partial charge in [0.05, 0.1) is 0 Å². The monoisotopic (exact) mass is 252 g/mol. The quantitative estimate of drug-likeness (QED) is 0.837. The van der Waals surface area contributed by atoms with Gasteiger partial charge in [-0.25, -0.2) is 0 Å². The standard InChI is InChI=1S/C14H24N2S/c1-2-7-15-14-4-9-16(10-5-14)8-3-13-6-11-17-12-13/h6,11-12,14-15H,2-5,7-10H2,1H3. The molecule has 0 amide bonds. The van der Waals surface area contributed by atoms with Crippen LogP contribution in [0.15, 0.2) is 16.8 Å². The van der Waals surface area contributed by atoms with Crippen LogP contribution in [0.4, 0.5) is 0 Å². The summed E-state index contributed by atoms with van der Waals surface area (Å²) < 4.78 is 0. The lowest BCUT2D eigenvalue weighted by atomic mass is 10.0. The zero-order valence-corrected chi connectivity index (χ0v) is 11.6. The number of thiophene rings is 1. The van der Waals surface area contributed by atoms with E-state index in [1.165, 1.54) is 57.4 Å². The molecule has 0 aromatic carbocycles. The maximum Gasteiger partial charge on any atom is 0.00914 e. The average Bonchev–Trinajstić information content (AvgIpc) is 2.88. The molecule has 2 nitrogen and oxygen atoms in total. The second kappa shape index (κ2) is 7.14. The summed E-state index contributed by atoms with van der Waals surface area (Å²) >= 11 is 1.81. The molecule has 1 saturated heterocycles. The van der Waals surface area contributed by atoms with Crippen LogP contribution in [0.5, 0.6) is 0 Å². The highest BCUT2D eigenvalue weighted by molar-refractivity contribution is 7.07. The van der Waals surface area contributed by atoms with E-state index in [1.54, 1.807) is 0 Å². The summed E-state index contributed by atoms with van der Waals surface area (Å²) in [4.78, 5) is 2.61. The molecule has 0 bridgehead atoms. The second-order valence-corrected chi connectivity index (χ2v) is 5.73. The van der Waals surface area contributed by atoms with Crippen molar-refractivity contribution in [3.8, 4) is 0 Å². The van der Waals surface area contributed by atoms with Crippen molar-refractivity contribution in [3.63, 3.8) is 0 Å². The van der Waals surface area contributed by atoms with Crippen LogP contribution in [0.3, 0.4) is 0 Å². The van der Waals surface area contributed by atoms with Gasteiger partial charge in [-0.1, -0.05) is 6.92 Å². The molecule has 0 radical (unpaired) electrons. The molecule has 0 spiro atoms. The van der Waals surface area contributed by atoms with Gasteiger partial charge in [-0.2, -0.15) is 11.3 Å². The summed E-state index contributed by atoms with van der Waals surface area (Å²) in [6.45, 7) is 7.19. The molecule has 0 saturated carbocycles. The maximum absolute atomic E-state index is 3.64. The fraction of sp³-hybridized carbons (Fsp3) is 0.714. The lowest BCUT2D eigenvalue weighted by molar-refractivity contribution is 0.200. The molecule has 0 unspecified atom stereocenters. The first-order valence-corrected chi connectivity index (χ1v) is 7.79. The minimum Gasteiger partial charge on any atom is -0.314 e. The molecule has 0 aliphatic carbocycles. The molecule has 1 fully saturated rings. The van der Waals surface area contributed by atoms with Crippen LogP contribution < -0.4 is 5.32 Å². The number of likely N-dealkylation sites (tertiary alicyclic amines) is 1. The number of hydrogen-bond acceptors (Lipinski definition) is 3. The highest BCUT2D eigenvalue weighted by Gasteiger charge is 2.17. The highest BCUT2D eigenvalue weighted by Crippen LogP contribution is 2.12. The molecule has 1 aliphatic heterocycles. The van der Waals surface area contributed by atoms with Gasteiger partial charge < -0.3 is 10.2 Å². The van der Waals surface area contributed by atoms with Crippen LogP contribution >= 0.6 is 11.3 Å². The predicted molar refractivity (Wildman–Crippen MR) is 75.8 cm³/mol. The zero-order valence-electron chi connectivity index (χ0n) is 10.8. The Hall–Kier alpha value is -0.380. The van der Waals surface area contributed by atoms with E-state index in [2.05, 4.69) is 34.0 Å². The van der Waals surface area contributed by atoms with Crippen LogP contribution in [0.1, 0.15) is 31.7 Å². The Labute approximate surface area is 109 Å². The van der Waals surface area contributed by atoms with Crippen molar-refractivity contribution >= 4 is 11.3 Å². The Morgan fingerprint density at radius 1 is 1.41 bits per heavy atom. The van der Waals surface area contributed by atoms with Gasteiger partial charge in [0.1, 0.15) is 0 Å². The van der Waals surface area contributed by atoms with E-state index in [0.29, 0.717) is 0 Å². The van der Waals surface area contributed by atoms with Gasteiger partial charge in [-0.3, -0.25) is 0 Å². The normalized spacial score (nSPS) is 18.6. The lowest BCUT2D eigenvalue weighted by Gasteiger charge is -2.32. The van der Waals surface area contributed by atoms with E-state index in [-0.39, 0.29) is 0 Å². The van der Waals surface area contributed by atoms with Crippen LogP contribution in [0.25, 0.3) is 0 Å². The summed E-state index contributed by atoms with van der Waals surface area (Å²) in [6, 6.07) is 3.02. The van der Waals surface area contributed by atoms with Crippen LogP contribution in [0.2, 0.25) is 0 Å². The summed E-state index contributed by atoms with van der Waals surface area (Å²) in [5.41, 5.74) is 1.50. The fourth-order valence-corrected chi connectivity index (χ4v) is 3.13. The van der Waals surface area contributed by atoms with Gasteiger partial charge in [0, 0.05) is 12.6 Å². The summed E-state index contributed by atoms with van der Waals surface area (Å²) in [5.74, 6) is 0. The average molecular weight is 252 g/mol. The van der Waals surface area contributed by atoms with Gasteiger partial charge in [0.25, 0.3) is 0 Å². The van der Waals surface area contributed by atoms with Gasteiger partial charge in [-0.05, 0) is 67.7 Å². The molecule has 96 valence electrons. The van der Waals surface area contributed by atoms with E-state index >= 15 is 0 Å². The molecule has 2 heterocycles. The Kier molecular flexibility index (Phi) is 5.49. The first kappa shape index (κ1) is 13.1. The van der Waals surface area contributed by atoms with Crippen molar-refractivity contribution in [2.75, 3.05) is 26.2 Å². The van der Waals surface area contributed by atoms with E-state index in [4.69, 9.17) is 0 Å². The number of nitrogens with zero attached hydrogens (tertiary/aromatic N) is 1. The van der Waals surface area contributed by atoms with E-state index < -0.39 is 0 Å². The second-order valence-electron chi connectivity index (χ2n) is 4.95. The third-order valence-electron chi connectivity index (χ3n) is 3.57. The Morgan fingerprint density at radius 3 is 2.88 bits per heavy atom. The van der Waals surface area contributed by atoms with Crippen LogP contribution in [0, 0.1) is 0 Å². The molecular weight excluding hydrogens is 228 g/mol. The first-order valence-electron chi connectivity index (χ1n) is 6.85. The molecule has 1 aromatic rings. The van der Waals surface area contributed by atoms with E-state index in [9.17, 15) is 0 Å². The van der Waals surface area contributed by atoms with Crippen molar-refractivity contribution in [2.24, 2.45) is 0 Å². The molecule has 1 aromatic heterocycles. The SMILES string of the molecule is CCCNC1CCN(CCc2ccsc2)CC1. The van der Waals surface area contributed by atoms with Crippen molar-refractivity contribution in [3.05, 3.63) is 22.4 Å². The number of hydrogen-bond donors (Lipinski definition) is 1. The van der Waals surface area contributed by atoms with Crippen molar-refractivity contribution < 1.29 is 0 Å². The molecule has 0 atom stereocenters. The number of rotatable bonds is 6. The van der Waals surface area contributed by atoms with Gasteiger partial charge >= 0.3 is 0 Å². The smallest absolute Gasteiger partial charge is 0.00914 e. The molecule has 1 N–H and O–H groups in total. The minimum atomic E-state index is 0.771. The van der Waals surface area contributed by atoms with E-state index in [1.807, 2.05) is 11.3 Å².